The fourth-order valence-corrected chi connectivity index (χ4v) is 6.52. The van der Waals surface area contributed by atoms with E-state index in [2.05, 4.69) is 12.1 Å². The molecule has 4 heteroatoms. The number of carbonyl (C=O) groups excluding carboxylic acids is 2. The Kier molecular flexibility index (Phi) is 3.81. The number of aliphatic hydroxyl groups excluding tert-OH is 1. The predicted octanol–water partition coefficient (Wildman–Crippen LogP) is 3.61. The largest absolute Gasteiger partial charge is 0.392 e. The van der Waals surface area contributed by atoms with E-state index >= 15 is 0 Å². The van der Waals surface area contributed by atoms with E-state index in [0.29, 0.717) is 0 Å². The highest BCUT2D eigenvalue weighted by Crippen LogP contribution is 2.65. The molecule has 1 heterocycles. The van der Waals surface area contributed by atoms with Gasteiger partial charge in [-0.15, -0.1) is 0 Å². The van der Waals surface area contributed by atoms with E-state index in [1.54, 1.807) is 6.92 Å². The summed E-state index contributed by atoms with van der Waals surface area (Å²) in [7, 11) is 0. The van der Waals surface area contributed by atoms with Crippen LogP contribution in [0.5, 0.6) is 0 Å². The first-order chi connectivity index (χ1) is 15.1. The second-order valence-electron chi connectivity index (χ2n) is 8.95. The molecule has 4 aliphatic rings. The summed E-state index contributed by atoms with van der Waals surface area (Å²) in [5, 5.41) is 11.3. The number of likely N-dealkylation sites (tertiary alicyclic amines) is 1. The van der Waals surface area contributed by atoms with Crippen LogP contribution in [0.25, 0.3) is 0 Å². The average Bonchev–Trinajstić information content (AvgIpc) is 3.05. The first kappa shape index (κ1) is 18.5. The maximum absolute atomic E-state index is 13.9. The molecule has 0 spiro atoms. The quantitative estimate of drug-likeness (QED) is 0.673. The number of aliphatic hydroxyl groups is 1. The lowest BCUT2D eigenvalue weighted by atomic mass is 9.46. The molecule has 1 N–H and O–H groups in total. The molecular formula is C27H23NO3. The smallest absolute Gasteiger partial charge is 0.234 e. The SMILES string of the molecule is C[C@H](O)C12c3ccccc3C(c3ccccc31)[C@H]1C(=O)N(Cc3ccccc3)C(=O)[C@@H]12. The molecule has 1 fully saturated rings. The fraction of sp³-hybridized carbons (Fsp3) is 0.259. The molecule has 2 amide bonds. The number of hydrogen-bond donors (Lipinski definition) is 1. The molecular weight excluding hydrogens is 386 g/mol. The maximum atomic E-state index is 13.9. The highest BCUT2D eigenvalue weighted by atomic mass is 16.3. The van der Waals surface area contributed by atoms with Crippen LogP contribution in [0.3, 0.4) is 0 Å². The van der Waals surface area contributed by atoms with Crippen LogP contribution in [0, 0.1) is 11.8 Å². The lowest BCUT2D eigenvalue weighted by Gasteiger charge is -2.55. The Morgan fingerprint density at radius 2 is 1.39 bits per heavy atom. The van der Waals surface area contributed by atoms with Crippen LogP contribution >= 0.6 is 0 Å². The summed E-state index contributed by atoms with van der Waals surface area (Å²) < 4.78 is 0. The van der Waals surface area contributed by atoms with Crippen molar-refractivity contribution in [1.82, 2.24) is 4.90 Å². The monoisotopic (exact) mass is 409 g/mol. The van der Waals surface area contributed by atoms with Crippen molar-refractivity contribution in [3.63, 3.8) is 0 Å². The second kappa shape index (κ2) is 6.38. The highest BCUT2D eigenvalue weighted by Gasteiger charge is 2.69. The van der Waals surface area contributed by atoms with Gasteiger partial charge < -0.3 is 5.11 Å². The molecule has 0 aromatic heterocycles. The van der Waals surface area contributed by atoms with E-state index in [4.69, 9.17) is 0 Å². The van der Waals surface area contributed by atoms with Crippen molar-refractivity contribution in [2.24, 2.45) is 11.8 Å². The minimum Gasteiger partial charge on any atom is -0.392 e. The number of benzene rings is 3. The third-order valence-electron chi connectivity index (χ3n) is 7.62. The van der Waals surface area contributed by atoms with Crippen LogP contribution < -0.4 is 0 Å². The molecule has 3 aliphatic carbocycles. The van der Waals surface area contributed by atoms with Gasteiger partial charge in [-0.25, -0.2) is 0 Å². The van der Waals surface area contributed by atoms with Crippen molar-refractivity contribution in [2.45, 2.75) is 30.9 Å². The van der Waals surface area contributed by atoms with Gasteiger partial charge in [0.25, 0.3) is 0 Å². The van der Waals surface area contributed by atoms with E-state index in [9.17, 15) is 14.7 Å². The minimum absolute atomic E-state index is 0.127. The summed E-state index contributed by atoms with van der Waals surface area (Å²) in [6, 6.07) is 25.7. The number of rotatable bonds is 3. The molecule has 3 atom stereocenters. The van der Waals surface area contributed by atoms with Gasteiger partial charge in [-0.05, 0) is 34.7 Å². The number of carbonyl (C=O) groups is 2. The Morgan fingerprint density at radius 3 is 1.97 bits per heavy atom. The van der Waals surface area contributed by atoms with Crippen LogP contribution in [0.4, 0.5) is 0 Å². The molecule has 1 aliphatic heterocycles. The first-order valence-corrected chi connectivity index (χ1v) is 10.8. The Bertz CT molecular complexity index is 1170. The normalized spacial score (nSPS) is 28.8. The van der Waals surface area contributed by atoms with Gasteiger partial charge in [0, 0.05) is 5.92 Å². The van der Waals surface area contributed by atoms with E-state index in [1.807, 2.05) is 66.7 Å². The number of hydrogen-bond acceptors (Lipinski definition) is 3. The van der Waals surface area contributed by atoms with Crippen molar-refractivity contribution in [3.05, 3.63) is 107 Å². The van der Waals surface area contributed by atoms with Gasteiger partial charge in [0.15, 0.2) is 0 Å². The molecule has 0 radical (unpaired) electrons. The predicted molar refractivity (Wildman–Crippen MR) is 116 cm³/mol. The summed E-state index contributed by atoms with van der Waals surface area (Å²) >= 11 is 0. The van der Waals surface area contributed by atoms with Gasteiger partial charge in [-0.3, -0.25) is 14.5 Å². The topological polar surface area (TPSA) is 57.6 Å². The molecule has 7 rings (SSSR count). The average molecular weight is 409 g/mol. The van der Waals surface area contributed by atoms with E-state index < -0.39 is 23.4 Å². The van der Waals surface area contributed by atoms with Crippen LogP contribution in [-0.4, -0.2) is 27.9 Å². The number of imide groups is 1. The summed E-state index contributed by atoms with van der Waals surface area (Å²) in [5.74, 6) is -1.56. The molecule has 31 heavy (non-hydrogen) atoms. The van der Waals surface area contributed by atoms with E-state index in [0.717, 1.165) is 27.8 Å². The molecule has 4 nitrogen and oxygen atoms in total. The van der Waals surface area contributed by atoms with Gasteiger partial charge in [0.05, 0.1) is 29.9 Å². The van der Waals surface area contributed by atoms with Gasteiger partial charge in [0.2, 0.25) is 11.8 Å². The van der Waals surface area contributed by atoms with Crippen LogP contribution in [0.1, 0.15) is 40.7 Å². The van der Waals surface area contributed by atoms with Crippen molar-refractivity contribution in [1.29, 1.82) is 0 Å². The van der Waals surface area contributed by atoms with Crippen molar-refractivity contribution >= 4 is 11.8 Å². The lowest BCUT2D eigenvalue weighted by Crippen LogP contribution is -2.58. The maximum Gasteiger partial charge on any atom is 0.234 e. The van der Waals surface area contributed by atoms with Crippen LogP contribution in [-0.2, 0) is 21.5 Å². The van der Waals surface area contributed by atoms with Gasteiger partial charge >= 0.3 is 0 Å². The zero-order valence-corrected chi connectivity index (χ0v) is 17.2. The summed E-state index contributed by atoms with van der Waals surface area (Å²) in [5.41, 5.74) is 4.09. The zero-order chi connectivity index (χ0) is 21.3. The molecule has 3 aromatic rings. The van der Waals surface area contributed by atoms with Crippen molar-refractivity contribution < 1.29 is 14.7 Å². The third-order valence-corrected chi connectivity index (χ3v) is 7.62. The van der Waals surface area contributed by atoms with Crippen LogP contribution in [0.2, 0.25) is 0 Å². The Balaban J connectivity index is 1.60. The Hall–Kier alpha value is -3.24. The van der Waals surface area contributed by atoms with E-state index in [1.165, 1.54) is 4.90 Å². The van der Waals surface area contributed by atoms with Crippen LogP contribution in [0.15, 0.2) is 78.9 Å². The molecule has 0 saturated carbocycles. The number of nitrogens with zero attached hydrogens (tertiary/aromatic N) is 1. The molecule has 0 unspecified atom stereocenters. The Morgan fingerprint density at radius 1 is 0.839 bits per heavy atom. The molecule has 2 bridgehead atoms. The van der Waals surface area contributed by atoms with Gasteiger partial charge in [-0.2, -0.15) is 0 Å². The fourth-order valence-electron chi connectivity index (χ4n) is 6.52. The summed E-state index contributed by atoms with van der Waals surface area (Å²) in [6.45, 7) is 2.02. The first-order valence-electron chi connectivity index (χ1n) is 10.8. The summed E-state index contributed by atoms with van der Waals surface area (Å²) in [6.07, 6.45) is -0.822. The molecule has 154 valence electrons. The van der Waals surface area contributed by atoms with Crippen molar-refractivity contribution in [2.75, 3.05) is 0 Å². The lowest BCUT2D eigenvalue weighted by molar-refractivity contribution is -0.141. The minimum atomic E-state index is -0.926. The highest BCUT2D eigenvalue weighted by molar-refractivity contribution is 6.08. The Labute approximate surface area is 181 Å². The van der Waals surface area contributed by atoms with Crippen molar-refractivity contribution in [3.8, 4) is 0 Å². The van der Waals surface area contributed by atoms with Gasteiger partial charge in [-0.1, -0.05) is 78.9 Å². The standard InChI is InChI=1S/C27H23NO3/c1-16(29)27-20-13-7-5-11-18(20)22(19-12-6-8-14-21(19)27)23-24(27)26(31)28(25(23)30)15-17-9-3-2-4-10-17/h2-14,16,22-24,29H,15H2,1H3/t16-,22?,23+,24+,27?/m0/s1. The third kappa shape index (κ3) is 2.18. The molecule has 1 saturated heterocycles. The number of amides is 2. The van der Waals surface area contributed by atoms with Gasteiger partial charge in [0.1, 0.15) is 0 Å². The zero-order valence-electron chi connectivity index (χ0n) is 17.2. The van der Waals surface area contributed by atoms with E-state index in [-0.39, 0.29) is 24.3 Å². The molecule has 3 aromatic carbocycles. The summed E-state index contributed by atoms with van der Waals surface area (Å²) in [4.78, 5) is 29.0. The second-order valence-corrected chi connectivity index (χ2v) is 8.95.